The molecular weight excluding hydrogens is 302 g/mol. The maximum Gasteiger partial charge on any atom is 0.280 e. The molecule has 0 saturated heterocycles. The molecule has 2 rings (SSSR count). The summed E-state index contributed by atoms with van der Waals surface area (Å²) >= 11 is 0. The molecule has 1 heterocycles. The van der Waals surface area contributed by atoms with Crippen LogP contribution in [-0.2, 0) is 26.8 Å². The van der Waals surface area contributed by atoms with Gasteiger partial charge in [-0.2, -0.15) is 0 Å². The Bertz CT molecular complexity index is 593. The number of amides is 1. The standard InChI is InChI=1S/C12H18ClN3O3S/c1-2-3-10-15-12(20(13,18)19)8-16(10)7-6-11(17)14-9-4-5-9/h8-9H,2-7H2,1H3,(H,14,17). The number of carbonyl (C=O) groups is 1. The van der Waals surface area contributed by atoms with Crippen LogP contribution >= 0.6 is 10.7 Å². The van der Waals surface area contributed by atoms with Crippen molar-refractivity contribution in [2.45, 2.75) is 56.6 Å². The predicted octanol–water partition coefficient (Wildman–Crippen LogP) is 1.43. The molecule has 0 unspecified atom stereocenters. The summed E-state index contributed by atoms with van der Waals surface area (Å²) in [4.78, 5) is 15.7. The fraction of sp³-hybridized carbons (Fsp3) is 0.667. The summed E-state index contributed by atoms with van der Waals surface area (Å²) < 4.78 is 24.3. The lowest BCUT2D eigenvalue weighted by Gasteiger charge is -2.07. The number of nitrogens with zero attached hydrogens (tertiary/aromatic N) is 2. The molecule has 0 aromatic carbocycles. The number of aryl methyl sites for hydroxylation is 2. The summed E-state index contributed by atoms with van der Waals surface area (Å²) in [5, 5.41) is 2.75. The van der Waals surface area contributed by atoms with Crippen molar-refractivity contribution in [1.82, 2.24) is 14.9 Å². The summed E-state index contributed by atoms with van der Waals surface area (Å²) in [6.07, 6.45) is 5.30. The van der Waals surface area contributed by atoms with Gasteiger partial charge in [0.15, 0.2) is 5.03 Å². The molecule has 8 heteroatoms. The molecule has 1 aromatic heterocycles. The van der Waals surface area contributed by atoms with Crippen LogP contribution in [0.2, 0.25) is 0 Å². The zero-order chi connectivity index (χ0) is 14.8. The van der Waals surface area contributed by atoms with Gasteiger partial charge < -0.3 is 9.88 Å². The summed E-state index contributed by atoms with van der Waals surface area (Å²) in [7, 11) is 1.47. The quantitative estimate of drug-likeness (QED) is 0.771. The van der Waals surface area contributed by atoms with Gasteiger partial charge in [0.05, 0.1) is 0 Å². The normalized spacial score (nSPS) is 15.3. The van der Waals surface area contributed by atoms with Crippen molar-refractivity contribution in [2.75, 3.05) is 0 Å². The molecule has 0 radical (unpaired) electrons. The molecule has 0 spiro atoms. The second kappa shape index (κ2) is 6.13. The van der Waals surface area contributed by atoms with Gasteiger partial charge in [-0.15, -0.1) is 0 Å². The van der Waals surface area contributed by atoms with E-state index in [1.807, 2.05) is 6.92 Å². The van der Waals surface area contributed by atoms with Gasteiger partial charge in [-0.1, -0.05) is 6.92 Å². The minimum absolute atomic E-state index is 0.0149. The highest BCUT2D eigenvalue weighted by Crippen LogP contribution is 2.19. The molecular formula is C12H18ClN3O3S. The van der Waals surface area contributed by atoms with Gasteiger partial charge in [-0.05, 0) is 19.3 Å². The Hall–Kier alpha value is -1.08. The fourth-order valence-corrected chi connectivity index (χ4v) is 2.60. The zero-order valence-electron chi connectivity index (χ0n) is 11.3. The van der Waals surface area contributed by atoms with Gasteiger partial charge in [-0.3, -0.25) is 4.79 Å². The molecule has 6 nitrogen and oxygen atoms in total. The molecule has 0 atom stereocenters. The van der Waals surface area contributed by atoms with Crippen LogP contribution in [0.25, 0.3) is 0 Å². The van der Waals surface area contributed by atoms with Crippen LogP contribution in [0.1, 0.15) is 38.4 Å². The van der Waals surface area contributed by atoms with E-state index < -0.39 is 9.05 Å². The summed E-state index contributed by atoms with van der Waals surface area (Å²) in [6, 6.07) is 0.333. The minimum Gasteiger partial charge on any atom is -0.353 e. The Morgan fingerprint density at radius 3 is 2.80 bits per heavy atom. The molecule has 1 fully saturated rings. The van der Waals surface area contributed by atoms with Crippen LogP contribution < -0.4 is 5.32 Å². The van der Waals surface area contributed by atoms with E-state index in [0.717, 1.165) is 19.3 Å². The molecule has 1 saturated carbocycles. The van der Waals surface area contributed by atoms with Gasteiger partial charge in [0.25, 0.3) is 9.05 Å². The average Bonchev–Trinajstić information content (AvgIpc) is 3.05. The predicted molar refractivity (Wildman–Crippen MR) is 75.0 cm³/mol. The van der Waals surface area contributed by atoms with Gasteiger partial charge in [-0.25, -0.2) is 13.4 Å². The number of aromatic nitrogens is 2. The van der Waals surface area contributed by atoms with Crippen LogP contribution in [0.3, 0.4) is 0 Å². The number of carbonyl (C=O) groups excluding carboxylic acids is 1. The third-order valence-electron chi connectivity index (χ3n) is 3.08. The van der Waals surface area contributed by atoms with Crippen LogP contribution in [0.5, 0.6) is 0 Å². The number of imidazole rings is 1. The number of hydrogen-bond acceptors (Lipinski definition) is 4. The van der Waals surface area contributed by atoms with E-state index in [1.54, 1.807) is 4.57 Å². The van der Waals surface area contributed by atoms with Crippen LogP contribution in [0.4, 0.5) is 0 Å². The van der Waals surface area contributed by atoms with Crippen molar-refractivity contribution < 1.29 is 13.2 Å². The summed E-state index contributed by atoms with van der Waals surface area (Å²) in [5.41, 5.74) is 0. The lowest BCUT2D eigenvalue weighted by molar-refractivity contribution is -0.121. The van der Waals surface area contributed by atoms with E-state index >= 15 is 0 Å². The van der Waals surface area contributed by atoms with Crippen molar-refractivity contribution in [3.8, 4) is 0 Å². The molecule has 112 valence electrons. The Balaban J connectivity index is 2.04. The van der Waals surface area contributed by atoms with E-state index in [1.165, 1.54) is 6.20 Å². The van der Waals surface area contributed by atoms with Gasteiger partial charge >= 0.3 is 0 Å². The van der Waals surface area contributed by atoms with E-state index in [9.17, 15) is 13.2 Å². The lowest BCUT2D eigenvalue weighted by atomic mass is 10.3. The third-order valence-corrected chi connectivity index (χ3v) is 4.25. The van der Waals surface area contributed by atoms with Gasteiger partial charge in [0.1, 0.15) is 5.82 Å². The Morgan fingerprint density at radius 1 is 1.55 bits per heavy atom. The minimum atomic E-state index is -3.83. The first-order chi connectivity index (χ1) is 9.40. The summed E-state index contributed by atoms with van der Waals surface area (Å²) in [5.74, 6) is 0.630. The zero-order valence-corrected chi connectivity index (χ0v) is 12.9. The third kappa shape index (κ3) is 4.21. The Labute approximate surface area is 122 Å². The Morgan fingerprint density at radius 2 is 2.25 bits per heavy atom. The molecule has 0 bridgehead atoms. The SMILES string of the molecule is CCCc1nc(S(=O)(=O)Cl)cn1CCC(=O)NC1CC1. The van der Waals surface area contributed by atoms with E-state index in [-0.39, 0.29) is 10.9 Å². The van der Waals surface area contributed by atoms with Crippen LogP contribution in [-0.4, -0.2) is 29.9 Å². The topological polar surface area (TPSA) is 81.1 Å². The van der Waals surface area contributed by atoms with Crippen molar-refractivity contribution in [3.63, 3.8) is 0 Å². The van der Waals surface area contributed by atoms with Crippen molar-refractivity contribution >= 4 is 25.6 Å². The van der Waals surface area contributed by atoms with E-state index in [2.05, 4.69) is 10.3 Å². The second-order valence-corrected chi connectivity index (χ2v) is 7.48. The van der Waals surface area contributed by atoms with E-state index in [4.69, 9.17) is 10.7 Å². The number of nitrogens with one attached hydrogen (secondary N) is 1. The highest BCUT2D eigenvalue weighted by Gasteiger charge is 2.23. The van der Waals surface area contributed by atoms with E-state index in [0.29, 0.717) is 31.3 Å². The average molecular weight is 320 g/mol. The smallest absolute Gasteiger partial charge is 0.280 e. The monoisotopic (exact) mass is 319 g/mol. The van der Waals surface area contributed by atoms with Crippen LogP contribution in [0.15, 0.2) is 11.2 Å². The maximum absolute atomic E-state index is 11.7. The number of rotatable bonds is 7. The highest BCUT2D eigenvalue weighted by atomic mass is 35.7. The van der Waals surface area contributed by atoms with Crippen molar-refractivity contribution in [2.24, 2.45) is 0 Å². The van der Waals surface area contributed by atoms with Gasteiger partial charge in [0, 0.05) is 42.3 Å². The molecule has 1 aromatic rings. The van der Waals surface area contributed by atoms with Gasteiger partial charge in [0.2, 0.25) is 5.91 Å². The second-order valence-electron chi connectivity index (χ2n) is 4.97. The van der Waals surface area contributed by atoms with Crippen LogP contribution in [0, 0.1) is 0 Å². The Kier molecular flexibility index (Phi) is 4.70. The lowest BCUT2D eigenvalue weighted by Crippen LogP contribution is -2.26. The maximum atomic E-state index is 11.7. The molecule has 1 N–H and O–H groups in total. The van der Waals surface area contributed by atoms with Crippen molar-refractivity contribution in [1.29, 1.82) is 0 Å². The first-order valence-electron chi connectivity index (χ1n) is 6.70. The fourth-order valence-electron chi connectivity index (χ4n) is 1.91. The number of hydrogen-bond donors (Lipinski definition) is 1. The highest BCUT2D eigenvalue weighted by molar-refractivity contribution is 8.13. The molecule has 1 amide bonds. The molecule has 1 aliphatic carbocycles. The molecule has 1 aliphatic rings. The summed E-state index contributed by atoms with van der Waals surface area (Å²) in [6.45, 7) is 2.39. The largest absolute Gasteiger partial charge is 0.353 e. The number of halogens is 1. The first kappa shape index (κ1) is 15.3. The first-order valence-corrected chi connectivity index (χ1v) is 9.01. The molecule has 0 aliphatic heterocycles. The van der Waals surface area contributed by atoms with Crippen molar-refractivity contribution in [3.05, 3.63) is 12.0 Å². The molecule has 20 heavy (non-hydrogen) atoms.